The smallest absolute Gasteiger partial charge is 0.243 e. The fourth-order valence-electron chi connectivity index (χ4n) is 4.77. The molecule has 1 unspecified atom stereocenters. The van der Waals surface area contributed by atoms with E-state index in [9.17, 15) is 13.7 Å². The average molecular weight is 514 g/mol. The summed E-state index contributed by atoms with van der Waals surface area (Å²) in [7, 11) is -2.33. The molecule has 1 atom stereocenters. The van der Waals surface area contributed by atoms with E-state index in [-0.39, 0.29) is 17.5 Å². The second-order valence-electron chi connectivity index (χ2n) is 8.98. The van der Waals surface area contributed by atoms with Crippen molar-refractivity contribution in [2.24, 2.45) is 0 Å². The normalized spacial score (nSPS) is 16.0. The molecule has 4 aromatic rings. The molecule has 0 bridgehead atoms. The summed E-state index contributed by atoms with van der Waals surface area (Å²) in [5.41, 5.74) is 4.14. The maximum Gasteiger partial charge on any atom is 0.243 e. The zero-order valence-corrected chi connectivity index (χ0v) is 21.2. The summed E-state index contributed by atoms with van der Waals surface area (Å²) in [4.78, 5) is 9.67. The topological polar surface area (TPSA) is 102 Å². The molecule has 1 N–H and O–H groups in total. The number of hydrogen-bond acceptors (Lipinski definition) is 6. The van der Waals surface area contributed by atoms with E-state index in [2.05, 4.69) is 20.9 Å². The van der Waals surface area contributed by atoms with Gasteiger partial charge in [-0.15, -0.1) is 0 Å². The number of sulfonamides is 1. The number of nitrogens with one attached hydrogen (secondary N) is 1. The summed E-state index contributed by atoms with van der Waals surface area (Å²) in [6.45, 7) is 1.14. The van der Waals surface area contributed by atoms with Crippen LogP contribution in [-0.2, 0) is 29.5 Å². The Kier molecular flexibility index (Phi) is 6.95. The highest BCUT2D eigenvalue weighted by Gasteiger charge is 2.36. The Morgan fingerprint density at radius 1 is 1.11 bits per heavy atom. The molecule has 1 aliphatic heterocycles. The Hall–Kier alpha value is -4.13. The van der Waals surface area contributed by atoms with E-state index in [1.165, 1.54) is 0 Å². The first-order chi connectivity index (χ1) is 18.0. The predicted octanol–water partition coefficient (Wildman–Crippen LogP) is 4.11. The van der Waals surface area contributed by atoms with E-state index in [0.29, 0.717) is 30.8 Å². The molecule has 1 aliphatic rings. The van der Waals surface area contributed by atoms with Crippen LogP contribution in [0.15, 0.2) is 90.2 Å². The Balaban J connectivity index is 1.61. The molecule has 37 heavy (non-hydrogen) atoms. The van der Waals surface area contributed by atoms with Gasteiger partial charge in [-0.2, -0.15) is 9.57 Å². The van der Waals surface area contributed by atoms with Gasteiger partial charge in [-0.25, -0.2) is 13.4 Å². The van der Waals surface area contributed by atoms with E-state index in [1.54, 1.807) is 60.3 Å². The third kappa shape index (κ3) is 5.21. The molecular formula is C28H27N5O3S. The minimum atomic E-state index is -3.88. The van der Waals surface area contributed by atoms with Crippen molar-refractivity contribution in [1.82, 2.24) is 14.3 Å². The summed E-state index contributed by atoms with van der Waals surface area (Å²) in [5, 5.41) is 9.56. The molecular weight excluding hydrogens is 486 g/mol. The van der Waals surface area contributed by atoms with Gasteiger partial charge in [0.05, 0.1) is 42.2 Å². The van der Waals surface area contributed by atoms with Crippen molar-refractivity contribution in [2.45, 2.75) is 30.4 Å². The van der Waals surface area contributed by atoms with Gasteiger partial charge in [0, 0.05) is 31.0 Å². The van der Waals surface area contributed by atoms with Crippen LogP contribution in [0.25, 0.3) is 0 Å². The molecule has 0 spiro atoms. The maximum absolute atomic E-state index is 14.1. The van der Waals surface area contributed by atoms with E-state index < -0.39 is 10.0 Å². The molecule has 0 aliphatic carbocycles. The maximum atomic E-state index is 14.1. The first kappa shape index (κ1) is 24.6. The number of fused-ring (bicyclic) bond motifs is 1. The first-order valence-electron chi connectivity index (χ1n) is 11.9. The van der Waals surface area contributed by atoms with Crippen LogP contribution in [0.4, 0.5) is 5.69 Å². The SMILES string of the molecule is COc1ccc(S(=O)(=O)N2Cc3cc(C#N)ccc3N(Cc3cnc[nH]3)CC2Cc2ccccc2)cc1. The lowest BCUT2D eigenvalue weighted by atomic mass is 10.1. The molecule has 0 saturated carbocycles. The number of aromatic amines is 1. The van der Waals surface area contributed by atoms with Gasteiger partial charge in [-0.1, -0.05) is 30.3 Å². The van der Waals surface area contributed by atoms with Gasteiger partial charge in [0.25, 0.3) is 0 Å². The van der Waals surface area contributed by atoms with Gasteiger partial charge in [0.2, 0.25) is 10.0 Å². The number of imidazole rings is 1. The molecule has 188 valence electrons. The van der Waals surface area contributed by atoms with Crippen LogP contribution < -0.4 is 9.64 Å². The summed E-state index contributed by atoms with van der Waals surface area (Å²) in [5.74, 6) is 0.588. The highest BCUT2D eigenvalue weighted by Crippen LogP contribution is 2.34. The largest absolute Gasteiger partial charge is 0.497 e. The number of methoxy groups -OCH3 is 1. The molecule has 2 heterocycles. The summed E-state index contributed by atoms with van der Waals surface area (Å²) in [6.07, 6.45) is 3.94. The predicted molar refractivity (Wildman–Crippen MR) is 140 cm³/mol. The molecule has 5 rings (SSSR count). The number of ether oxygens (including phenoxy) is 1. The van der Waals surface area contributed by atoms with Crippen molar-refractivity contribution in [3.63, 3.8) is 0 Å². The van der Waals surface area contributed by atoms with Gasteiger partial charge in [0.1, 0.15) is 5.75 Å². The van der Waals surface area contributed by atoms with E-state index in [4.69, 9.17) is 4.74 Å². The van der Waals surface area contributed by atoms with Crippen molar-refractivity contribution >= 4 is 15.7 Å². The summed E-state index contributed by atoms with van der Waals surface area (Å²) >= 11 is 0. The van der Waals surface area contributed by atoms with Gasteiger partial charge >= 0.3 is 0 Å². The Bertz CT molecular complexity index is 1500. The van der Waals surface area contributed by atoms with E-state index in [1.807, 2.05) is 36.4 Å². The Morgan fingerprint density at radius 2 is 1.89 bits per heavy atom. The number of aromatic nitrogens is 2. The number of rotatable bonds is 7. The number of H-pyrrole nitrogens is 1. The highest BCUT2D eigenvalue weighted by atomic mass is 32.2. The van der Waals surface area contributed by atoms with Crippen molar-refractivity contribution in [2.75, 3.05) is 18.6 Å². The zero-order valence-electron chi connectivity index (χ0n) is 20.4. The lowest BCUT2D eigenvalue weighted by Crippen LogP contribution is -2.45. The monoisotopic (exact) mass is 513 g/mol. The molecule has 1 aromatic heterocycles. The zero-order chi connectivity index (χ0) is 25.8. The van der Waals surface area contributed by atoms with Crippen LogP contribution in [0.5, 0.6) is 5.75 Å². The highest BCUT2D eigenvalue weighted by molar-refractivity contribution is 7.89. The van der Waals surface area contributed by atoms with Crippen molar-refractivity contribution in [1.29, 1.82) is 5.26 Å². The second kappa shape index (κ2) is 10.5. The van der Waals surface area contributed by atoms with Gasteiger partial charge in [-0.05, 0) is 60.0 Å². The van der Waals surface area contributed by atoms with Crippen molar-refractivity contribution < 1.29 is 13.2 Å². The minimum Gasteiger partial charge on any atom is -0.497 e. The minimum absolute atomic E-state index is 0.149. The number of hydrogen-bond donors (Lipinski definition) is 1. The van der Waals surface area contributed by atoms with Gasteiger partial charge < -0.3 is 14.6 Å². The third-order valence-corrected chi connectivity index (χ3v) is 8.52. The van der Waals surface area contributed by atoms with E-state index >= 15 is 0 Å². The second-order valence-corrected chi connectivity index (χ2v) is 10.9. The number of benzene rings is 3. The van der Waals surface area contributed by atoms with Crippen LogP contribution in [-0.4, -0.2) is 42.4 Å². The fraction of sp³-hybridized carbons (Fsp3) is 0.214. The lowest BCUT2D eigenvalue weighted by molar-refractivity contribution is 0.318. The molecule has 0 fully saturated rings. The molecule has 0 saturated heterocycles. The fourth-order valence-corrected chi connectivity index (χ4v) is 6.37. The van der Waals surface area contributed by atoms with Crippen LogP contribution in [0.1, 0.15) is 22.4 Å². The lowest BCUT2D eigenvalue weighted by Gasteiger charge is -2.32. The average Bonchev–Trinajstić information content (AvgIpc) is 3.39. The Morgan fingerprint density at radius 3 is 2.57 bits per heavy atom. The quantitative estimate of drug-likeness (QED) is 0.399. The molecule has 0 radical (unpaired) electrons. The van der Waals surface area contributed by atoms with E-state index in [0.717, 1.165) is 22.5 Å². The van der Waals surface area contributed by atoms with Crippen LogP contribution in [0.3, 0.4) is 0 Å². The van der Waals surface area contributed by atoms with Crippen LogP contribution >= 0.6 is 0 Å². The molecule has 8 nitrogen and oxygen atoms in total. The standard InChI is InChI=1S/C28H27N5O3S/c1-36-26-8-10-27(11-9-26)37(34,35)33-17-23-13-22(15-29)7-12-28(23)32(18-24-16-30-20-31-24)19-25(33)14-21-5-3-2-4-6-21/h2-13,16,20,25H,14,17-19H2,1H3,(H,30,31). The third-order valence-electron chi connectivity index (χ3n) is 6.61. The number of nitrogens with zero attached hydrogens (tertiary/aromatic N) is 4. The van der Waals surface area contributed by atoms with Crippen LogP contribution in [0, 0.1) is 11.3 Å². The number of nitriles is 1. The van der Waals surface area contributed by atoms with Crippen molar-refractivity contribution in [3.8, 4) is 11.8 Å². The molecule has 3 aromatic carbocycles. The Labute approximate surface area is 216 Å². The number of anilines is 1. The van der Waals surface area contributed by atoms with Crippen LogP contribution in [0.2, 0.25) is 0 Å². The summed E-state index contributed by atoms with van der Waals surface area (Å²) < 4.78 is 35.0. The summed E-state index contributed by atoms with van der Waals surface area (Å²) in [6, 6.07) is 23.7. The molecule has 0 amide bonds. The molecule has 9 heteroatoms. The van der Waals surface area contributed by atoms with Gasteiger partial charge in [-0.3, -0.25) is 0 Å². The van der Waals surface area contributed by atoms with Gasteiger partial charge in [0.15, 0.2) is 0 Å². The first-order valence-corrected chi connectivity index (χ1v) is 13.4. The van der Waals surface area contributed by atoms with Crippen molar-refractivity contribution in [3.05, 3.63) is 108 Å².